The number of nitrogens with zero attached hydrogens (tertiary/aromatic N) is 1. The molecule has 7 heteroatoms. The summed E-state index contributed by atoms with van der Waals surface area (Å²) in [6.07, 6.45) is 3.37. The molecule has 0 fully saturated rings. The number of hydrazone groups is 1. The number of halogens is 2. The second-order valence-corrected chi connectivity index (χ2v) is 5.22. The summed E-state index contributed by atoms with van der Waals surface area (Å²) < 4.78 is 19.8. The zero-order valence-electron chi connectivity index (χ0n) is 12.0. The predicted molar refractivity (Wildman–Crippen MR) is 81.6 cm³/mol. The fourth-order valence-electron chi connectivity index (χ4n) is 2.10. The molecule has 5 nitrogen and oxygen atoms in total. The molecular weight excluding hydrogens is 311 g/mol. The summed E-state index contributed by atoms with van der Waals surface area (Å²) in [6.45, 7) is 1.88. The minimum Gasteiger partial charge on any atom is -0.488 e. The molecule has 2 rings (SSSR count). The quantitative estimate of drug-likeness (QED) is 0.815. The standard InChI is InChI=1S/C15H16ClFN2O3/c1-9-8-12(21)18-19-15(9)10-4-5-11(13(16)14(10)17)22-7-3-2-6-20/h2-5,9,20H,6-8H2,1H3,(H,18,21)/b3-2+. The highest BCUT2D eigenvalue weighted by Crippen LogP contribution is 2.31. The summed E-state index contributed by atoms with van der Waals surface area (Å²) in [7, 11) is 0. The molecule has 1 aliphatic rings. The third kappa shape index (κ3) is 3.64. The molecule has 0 radical (unpaired) electrons. The summed E-state index contributed by atoms with van der Waals surface area (Å²) in [5.74, 6) is -0.817. The minimum atomic E-state index is -0.632. The van der Waals surface area contributed by atoms with Crippen molar-refractivity contribution >= 4 is 23.2 Å². The number of carbonyl (C=O) groups excluding carboxylic acids is 1. The third-order valence-corrected chi connectivity index (χ3v) is 3.54. The molecule has 1 heterocycles. The number of aliphatic hydroxyl groups is 1. The Hall–Kier alpha value is -1.92. The van der Waals surface area contributed by atoms with Gasteiger partial charge in [0, 0.05) is 17.9 Å². The van der Waals surface area contributed by atoms with Crippen molar-refractivity contribution in [3.05, 3.63) is 40.7 Å². The van der Waals surface area contributed by atoms with Crippen LogP contribution >= 0.6 is 11.6 Å². The van der Waals surface area contributed by atoms with Gasteiger partial charge in [0.2, 0.25) is 5.91 Å². The van der Waals surface area contributed by atoms with Crippen LogP contribution in [-0.2, 0) is 4.79 Å². The molecule has 22 heavy (non-hydrogen) atoms. The molecule has 0 saturated heterocycles. The van der Waals surface area contributed by atoms with E-state index in [-0.39, 0.29) is 47.8 Å². The van der Waals surface area contributed by atoms with Crippen molar-refractivity contribution in [2.45, 2.75) is 13.3 Å². The van der Waals surface area contributed by atoms with E-state index in [2.05, 4.69) is 10.5 Å². The lowest BCUT2D eigenvalue weighted by molar-refractivity contribution is -0.121. The van der Waals surface area contributed by atoms with Crippen molar-refractivity contribution in [2.75, 3.05) is 13.2 Å². The Bertz CT molecular complexity index is 631. The van der Waals surface area contributed by atoms with Crippen LogP contribution in [0, 0.1) is 11.7 Å². The van der Waals surface area contributed by atoms with E-state index in [0.717, 1.165) is 0 Å². The monoisotopic (exact) mass is 326 g/mol. The molecule has 0 aromatic heterocycles. The molecule has 1 aromatic rings. The molecule has 1 aliphatic heterocycles. The highest BCUT2D eigenvalue weighted by molar-refractivity contribution is 6.32. The molecule has 0 aliphatic carbocycles. The van der Waals surface area contributed by atoms with E-state index in [1.807, 2.05) is 0 Å². The Labute approximate surface area is 132 Å². The first-order valence-corrected chi connectivity index (χ1v) is 7.15. The van der Waals surface area contributed by atoms with Gasteiger partial charge in [-0.05, 0) is 18.2 Å². The first-order chi connectivity index (χ1) is 10.5. The molecule has 1 unspecified atom stereocenters. The van der Waals surface area contributed by atoms with Gasteiger partial charge in [-0.25, -0.2) is 9.82 Å². The fourth-order valence-corrected chi connectivity index (χ4v) is 2.32. The Kier molecular flexibility index (Phi) is 5.51. The lowest BCUT2D eigenvalue weighted by Crippen LogP contribution is -2.32. The molecule has 0 bridgehead atoms. The maximum atomic E-state index is 14.4. The number of nitrogens with one attached hydrogen (secondary N) is 1. The van der Waals surface area contributed by atoms with Crippen LogP contribution in [0.5, 0.6) is 5.75 Å². The minimum absolute atomic E-state index is 0.0895. The first kappa shape index (κ1) is 16.5. The topological polar surface area (TPSA) is 70.9 Å². The number of hydrogen-bond donors (Lipinski definition) is 2. The summed E-state index contributed by atoms with van der Waals surface area (Å²) in [5.41, 5.74) is 3.04. The lowest BCUT2D eigenvalue weighted by atomic mass is 9.94. The molecule has 118 valence electrons. The van der Waals surface area contributed by atoms with Crippen LogP contribution in [0.15, 0.2) is 29.4 Å². The van der Waals surface area contributed by atoms with Gasteiger partial charge in [0.05, 0.1) is 12.3 Å². The van der Waals surface area contributed by atoms with Gasteiger partial charge in [0.25, 0.3) is 0 Å². The van der Waals surface area contributed by atoms with E-state index >= 15 is 0 Å². The zero-order valence-corrected chi connectivity index (χ0v) is 12.7. The Morgan fingerprint density at radius 1 is 1.55 bits per heavy atom. The highest BCUT2D eigenvalue weighted by Gasteiger charge is 2.25. The SMILES string of the molecule is CC1CC(=O)NN=C1c1ccc(OC/C=C/CO)c(Cl)c1F. The Morgan fingerprint density at radius 3 is 3.00 bits per heavy atom. The average Bonchev–Trinajstić information content (AvgIpc) is 2.49. The van der Waals surface area contributed by atoms with Crippen LogP contribution in [0.25, 0.3) is 0 Å². The van der Waals surface area contributed by atoms with Crippen LogP contribution in [0.1, 0.15) is 18.9 Å². The smallest absolute Gasteiger partial charge is 0.240 e. The number of amides is 1. The number of benzene rings is 1. The zero-order chi connectivity index (χ0) is 16.1. The fraction of sp³-hybridized carbons (Fsp3) is 0.333. The average molecular weight is 327 g/mol. The second kappa shape index (κ2) is 7.38. The van der Waals surface area contributed by atoms with Crippen molar-refractivity contribution in [3.8, 4) is 5.75 Å². The van der Waals surface area contributed by atoms with Gasteiger partial charge in [-0.1, -0.05) is 24.6 Å². The maximum absolute atomic E-state index is 14.4. The van der Waals surface area contributed by atoms with Gasteiger partial charge < -0.3 is 9.84 Å². The summed E-state index contributed by atoms with van der Waals surface area (Å²) >= 11 is 5.99. The highest BCUT2D eigenvalue weighted by atomic mass is 35.5. The molecule has 0 saturated carbocycles. The number of aliphatic hydroxyl groups excluding tert-OH is 1. The maximum Gasteiger partial charge on any atom is 0.240 e. The molecule has 2 N–H and O–H groups in total. The summed E-state index contributed by atoms with van der Waals surface area (Å²) in [4.78, 5) is 11.2. The molecule has 1 aromatic carbocycles. The van der Waals surface area contributed by atoms with Crippen molar-refractivity contribution in [1.82, 2.24) is 5.43 Å². The van der Waals surface area contributed by atoms with E-state index in [0.29, 0.717) is 5.71 Å². The van der Waals surface area contributed by atoms with Gasteiger partial charge in [0.1, 0.15) is 17.4 Å². The van der Waals surface area contributed by atoms with Crippen LogP contribution in [0.2, 0.25) is 5.02 Å². The molecular formula is C15H16ClFN2O3. The summed E-state index contributed by atoms with van der Waals surface area (Å²) in [5, 5.41) is 12.4. The third-order valence-electron chi connectivity index (χ3n) is 3.19. The van der Waals surface area contributed by atoms with Crippen LogP contribution in [0.3, 0.4) is 0 Å². The summed E-state index contributed by atoms with van der Waals surface area (Å²) in [6, 6.07) is 3.08. The van der Waals surface area contributed by atoms with E-state index in [1.54, 1.807) is 19.1 Å². The van der Waals surface area contributed by atoms with Gasteiger partial charge in [-0.3, -0.25) is 4.79 Å². The van der Waals surface area contributed by atoms with Gasteiger partial charge >= 0.3 is 0 Å². The van der Waals surface area contributed by atoms with E-state index in [1.165, 1.54) is 12.1 Å². The van der Waals surface area contributed by atoms with Crippen LogP contribution in [-0.4, -0.2) is 29.9 Å². The van der Waals surface area contributed by atoms with Crippen molar-refractivity contribution in [3.63, 3.8) is 0 Å². The van der Waals surface area contributed by atoms with Gasteiger partial charge in [0.15, 0.2) is 5.82 Å². The number of ether oxygens (including phenoxy) is 1. The predicted octanol–water partition coefficient (Wildman–Crippen LogP) is 2.27. The second-order valence-electron chi connectivity index (χ2n) is 4.84. The van der Waals surface area contributed by atoms with E-state index in [4.69, 9.17) is 21.4 Å². The van der Waals surface area contributed by atoms with Crippen molar-refractivity contribution in [1.29, 1.82) is 0 Å². The lowest BCUT2D eigenvalue weighted by Gasteiger charge is -2.20. The molecule has 0 spiro atoms. The van der Waals surface area contributed by atoms with Crippen molar-refractivity contribution < 1.29 is 19.0 Å². The van der Waals surface area contributed by atoms with Gasteiger partial charge in [-0.2, -0.15) is 5.10 Å². The van der Waals surface area contributed by atoms with E-state index in [9.17, 15) is 9.18 Å². The van der Waals surface area contributed by atoms with E-state index < -0.39 is 5.82 Å². The van der Waals surface area contributed by atoms with Crippen molar-refractivity contribution in [2.24, 2.45) is 11.0 Å². The van der Waals surface area contributed by atoms with Crippen LogP contribution in [0.4, 0.5) is 4.39 Å². The van der Waals surface area contributed by atoms with Crippen LogP contribution < -0.4 is 10.2 Å². The molecule has 1 amide bonds. The Balaban J connectivity index is 2.23. The number of hydrogen-bond acceptors (Lipinski definition) is 4. The largest absolute Gasteiger partial charge is 0.488 e. The normalized spacial score (nSPS) is 18.3. The first-order valence-electron chi connectivity index (χ1n) is 6.78. The van der Waals surface area contributed by atoms with Gasteiger partial charge in [-0.15, -0.1) is 0 Å². The Morgan fingerprint density at radius 2 is 2.32 bits per heavy atom. The number of carbonyl (C=O) groups is 1. The number of rotatable bonds is 5. The molecule has 1 atom stereocenters.